The Morgan fingerprint density at radius 1 is 1.17 bits per heavy atom. The van der Waals surface area contributed by atoms with E-state index in [1.54, 1.807) is 6.07 Å². The van der Waals surface area contributed by atoms with E-state index in [4.69, 9.17) is 13.9 Å². The van der Waals surface area contributed by atoms with Crippen molar-refractivity contribution >= 4 is 15.9 Å². The third-order valence-corrected chi connectivity index (χ3v) is 6.32. The molecule has 0 spiro atoms. The second-order valence-electron chi connectivity index (χ2n) is 7.02. The average Bonchev–Trinajstić information content (AvgIpc) is 3.15. The Bertz CT molecular complexity index is 902. The lowest BCUT2D eigenvalue weighted by atomic mass is 10.2. The van der Waals surface area contributed by atoms with Crippen LogP contribution in [0, 0.1) is 0 Å². The number of nitrogens with one attached hydrogen (secondary N) is 1. The lowest BCUT2D eigenvalue weighted by Crippen LogP contribution is -2.49. The van der Waals surface area contributed by atoms with E-state index in [-0.39, 0.29) is 36.9 Å². The molecule has 2 aromatic rings. The van der Waals surface area contributed by atoms with Gasteiger partial charge in [-0.1, -0.05) is 18.2 Å². The Kier molecular flexibility index (Phi) is 6.94. The fourth-order valence-corrected chi connectivity index (χ4v) is 4.68. The Morgan fingerprint density at radius 3 is 2.55 bits per heavy atom. The van der Waals surface area contributed by atoms with E-state index in [2.05, 4.69) is 5.32 Å². The molecule has 1 aliphatic rings. The highest BCUT2D eigenvalue weighted by Gasteiger charge is 2.30. The van der Waals surface area contributed by atoms with Crippen molar-refractivity contribution in [3.63, 3.8) is 0 Å². The zero-order chi connectivity index (χ0) is 20.9. The monoisotopic (exact) mass is 422 g/mol. The van der Waals surface area contributed by atoms with Gasteiger partial charge in [0.15, 0.2) is 5.76 Å². The van der Waals surface area contributed by atoms with Crippen LogP contribution in [-0.4, -0.2) is 56.2 Å². The molecule has 1 amide bonds. The van der Waals surface area contributed by atoms with Gasteiger partial charge in [-0.2, -0.15) is 4.31 Å². The van der Waals surface area contributed by atoms with Gasteiger partial charge < -0.3 is 19.2 Å². The molecule has 2 heterocycles. The number of sulfonamides is 1. The van der Waals surface area contributed by atoms with E-state index in [0.717, 1.165) is 0 Å². The number of para-hydroxylation sites is 1. The zero-order valence-corrected chi connectivity index (χ0v) is 17.4. The van der Waals surface area contributed by atoms with Gasteiger partial charge in [0.2, 0.25) is 10.0 Å². The van der Waals surface area contributed by atoms with Crippen molar-refractivity contribution in [3.05, 3.63) is 54.0 Å². The number of morpholine rings is 1. The maximum absolute atomic E-state index is 12.5. The van der Waals surface area contributed by atoms with Gasteiger partial charge in [0, 0.05) is 25.2 Å². The molecule has 1 saturated heterocycles. The normalized spacial score (nSPS) is 20.3. The smallest absolute Gasteiger partial charge is 0.287 e. The first kappa shape index (κ1) is 21.4. The summed E-state index contributed by atoms with van der Waals surface area (Å²) in [4.78, 5) is 12.4. The van der Waals surface area contributed by atoms with Crippen LogP contribution in [0.25, 0.3) is 0 Å². The quantitative estimate of drug-likeness (QED) is 0.699. The van der Waals surface area contributed by atoms with Gasteiger partial charge in [-0.15, -0.1) is 0 Å². The van der Waals surface area contributed by atoms with Crippen molar-refractivity contribution in [2.45, 2.75) is 32.7 Å². The summed E-state index contributed by atoms with van der Waals surface area (Å²) in [5.41, 5.74) is 0.588. The van der Waals surface area contributed by atoms with Crippen LogP contribution in [0.5, 0.6) is 5.75 Å². The Balaban J connectivity index is 1.51. The Morgan fingerprint density at radius 2 is 1.86 bits per heavy atom. The molecule has 1 fully saturated rings. The van der Waals surface area contributed by atoms with Gasteiger partial charge in [0.25, 0.3) is 5.91 Å². The standard InChI is InChI=1S/C20H26N2O6S/c1-15-12-22(13-16(2)28-15)29(24,25)11-9-21-20(23)19-17(8-10-26-19)14-27-18-6-4-3-5-7-18/h3-8,10,15-16H,9,11-14H2,1-2H3,(H,21,23)/t15-,16-/m0/s1. The van der Waals surface area contributed by atoms with Crippen molar-refractivity contribution in [1.82, 2.24) is 9.62 Å². The van der Waals surface area contributed by atoms with Crippen molar-refractivity contribution < 1.29 is 27.1 Å². The fraction of sp³-hybridized carbons (Fsp3) is 0.450. The highest BCUT2D eigenvalue weighted by Crippen LogP contribution is 2.17. The number of rotatable bonds is 8. The molecule has 9 heteroatoms. The predicted molar refractivity (Wildman–Crippen MR) is 107 cm³/mol. The van der Waals surface area contributed by atoms with E-state index in [0.29, 0.717) is 24.4 Å². The summed E-state index contributed by atoms with van der Waals surface area (Å²) >= 11 is 0. The molecule has 0 bridgehead atoms. The van der Waals surface area contributed by atoms with Gasteiger partial charge >= 0.3 is 0 Å². The fourth-order valence-electron chi connectivity index (χ4n) is 3.19. The maximum atomic E-state index is 12.5. The van der Waals surface area contributed by atoms with E-state index in [1.807, 2.05) is 44.2 Å². The number of hydrogen-bond acceptors (Lipinski definition) is 6. The summed E-state index contributed by atoms with van der Waals surface area (Å²) < 4.78 is 43.0. The first-order chi connectivity index (χ1) is 13.8. The highest BCUT2D eigenvalue weighted by atomic mass is 32.2. The number of benzene rings is 1. The molecule has 1 aliphatic heterocycles. The van der Waals surface area contributed by atoms with Crippen LogP contribution in [0.15, 0.2) is 47.1 Å². The van der Waals surface area contributed by atoms with E-state index < -0.39 is 15.9 Å². The molecule has 0 unspecified atom stereocenters. The van der Waals surface area contributed by atoms with Crippen LogP contribution in [0.2, 0.25) is 0 Å². The van der Waals surface area contributed by atoms with Crippen LogP contribution in [0.4, 0.5) is 0 Å². The van der Waals surface area contributed by atoms with E-state index in [9.17, 15) is 13.2 Å². The molecule has 8 nitrogen and oxygen atoms in total. The van der Waals surface area contributed by atoms with Crippen LogP contribution in [-0.2, 0) is 21.4 Å². The molecule has 158 valence electrons. The summed E-state index contributed by atoms with van der Waals surface area (Å²) in [6.07, 6.45) is 1.10. The minimum absolute atomic E-state index is 0.0129. The van der Waals surface area contributed by atoms with Gasteiger partial charge in [0.05, 0.1) is 24.2 Å². The van der Waals surface area contributed by atoms with Gasteiger partial charge in [-0.3, -0.25) is 4.79 Å². The third-order valence-electron chi connectivity index (χ3n) is 4.52. The SMILES string of the molecule is C[C@H]1CN(S(=O)(=O)CCNC(=O)c2occc2COc2ccccc2)C[C@H](C)O1. The van der Waals surface area contributed by atoms with Crippen LogP contribution in [0.1, 0.15) is 30.0 Å². The molecule has 1 aromatic heterocycles. The lowest BCUT2D eigenvalue weighted by molar-refractivity contribution is -0.0440. The number of ether oxygens (including phenoxy) is 2. The minimum atomic E-state index is -3.49. The van der Waals surface area contributed by atoms with Gasteiger partial charge in [0.1, 0.15) is 12.4 Å². The lowest BCUT2D eigenvalue weighted by Gasteiger charge is -2.34. The van der Waals surface area contributed by atoms with Crippen LogP contribution < -0.4 is 10.1 Å². The highest BCUT2D eigenvalue weighted by molar-refractivity contribution is 7.89. The topological polar surface area (TPSA) is 98.1 Å². The van der Waals surface area contributed by atoms with Crippen molar-refractivity contribution in [2.75, 3.05) is 25.4 Å². The number of carbonyl (C=O) groups excluding carboxylic acids is 1. The summed E-state index contributed by atoms with van der Waals surface area (Å²) in [6.45, 7) is 4.48. The molecule has 3 rings (SSSR count). The molecule has 0 saturated carbocycles. The zero-order valence-electron chi connectivity index (χ0n) is 16.5. The summed E-state index contributed by atoms with van der Waals surface area (Å²) in [5.74, 6) is 0.141. The summed E-state index contributed by atoms with van der Waals surface area (Å²) in [5, 5.41) is 2.62. The molecule has 29 heavy (non-hydrogen) atoms. The second-order valence-corrected chi connectivity index (χ2v) is 9.11. The summed E-state index contributed by atoms with van der Waals surface area (Å²) in [7, 11) is -3.49. The minimum Gasteiger partial charge on any atom is -0.489 e. The molecule has 1 N–H and O–H groups in total. The van der Waals surface area contributed by atoms with E-state index >= 15 is 0 Å². The predicted octanol–water partition coefficient (Wildman–Crippen LogP) is 2.03. The Labute approximate surface area is 170 Å². The third kappa shape index (κ3) is 5.81. The number of carbonyl (C=O) groups is 1. The second kappa shape index (κ2) is 9.43. The van der Waals surface area contributed by atoms with Gasteiger partial charge in [-0.25, -0.2) is 8.42 Å². The first-order valence-corrected chi connectivity index (χ1v) is 11.1. The Hall–Kier alpha value is -2.36. The molecule has 1 aromatic carbocycles. The first-order valence-electron chi connectivity index (χ1n) is 9.51. The largest absolute Gasteiger partial charge is 0.489 e. The van der Waals surface area contributed by atoms with Crippen molar-refractivity contribution in [1.29, 1.82) is 0 Å². The molecular weight excluding hydrogens is 396 g/mol. The van der Waals surface area contributed by atoms with Crippen LogP contribution >= 0.6 is 0 Å². The molecule has 0 aliphatic carbocycles. The van der Waals surface area contributed by atoms with Crippen molar-refractivity contribution in [3.8, 4) is 5.75 Å². The van der Waals surface area contributed by atoms with Crippen LogP contribution in [0.3, 0.4) is 0 Å². The molecule has 2 atom stereocenters. The number of furan rings is 1. The number of nitrogens with zero attached hydrogens (tertiary/aromatic N) is 1. The maximum Gasteiger partial charge on any atom is 0.287 e. The number of hydrogen-bond donors (Lipinski definition) is 1. The molecule has 0 radical (unpaired) electrons. The number of amides is 1. The van der Waals surface area contributed by atoms with Gasteiger partial charge in [-0.05, 0) is 32.0 Å². The van der Waals surface area contributed by atoms with E-state index in [1.165, 1.54) is 10.6 Å². The molecular formula is C20H26N2O6S. The summed E-state index contributed by atoms with van der Waals surface area (Å²) in [6, 6.07) is 10.9. The average molecular weight is 423 g/mol. The van der Waals surface area contributed by atoms with Crippen molar-refractivity contribution in [2.24, 2.45) is 0 Å².